The van der Waals surface area contributed by atoms with Crippen molar-refractivity contribution >= 4 is 15.8 Å². The molecule has 4 nitrogen and oxygen atoms in total. The molecular formula is C12H12O4S. The predicted molar refractivity (Wildman–Crippen MR) is 60.7 cm³/mol. The minimum atomic E-state index is -3.12. The number of hydrogen-bond donors (Lipinski definition) is 1. The summed E-state index contributed by atoms with van der Waals surface area (Å²) in [4.78, 5) is 11.6. The molecular weight excluding hydrogens is 240 g/mol. The molecule has 0 aromatic heterocycles. The first kappa shape index (κ1) is 10.8. The van der Waals surface area contributed by atoms with E-state index >= 15 is 0 Å². The largest absolute Gasteiger partial charge is 0.481 e. The van der Waals surface area contributed by atoms with Crippen molar-refractivity contribution in [3.8, 4) is 0 Å². The van der Waals surface area contributed by atoms with Gasteiger partial charge in [-0.05, 0) is 36.5 Å². The normalized spacial score (nSPS) is 23.1. The van der Waals surface area contributed by atoms with Gasteiger partial charge in [-0.2, -0.15) is 0 Å². The molecule has 0 radical (unpaired) electrons. The Bertz CT molecular complexity index is 611. The molecule has 0 amide bonds. The van der Waals surface area contributed by atoms with Gasteiger partial charge in [-0.1, -0.05) is 12.1 Å². The van der Waals surface area contributed by atoms with Gasteiger partial charge >= 0.3 is 5.97 Å². The Balaban J connectivity index is 2.10. The zero-order valence-corrected chi connectivity index (χ0v) is 9.96. The van der Waals surface area contributed by atoms with Gasteiger partial charge in [-0.25, -0.2) is 8.42 Å². The quantitative estimate of drug-likeness (QED) is 0.856. The van der Waals surface area contributed by atoms with Crippen LogP contribution in [0.15, 0.2) is 23.1 Å². The van der Waals surface area contributed by atoms with Crippen LogP contribution < -0.4 is 0 Å². The Labute approximate surface area is 99.2 Å². The molecule has 90 valence electrons. The van der Waals surface area contributed by atoms with Gasteiger partial charge in [0.15, 0.2) is 9.84 Å². The second-order valence-electron chi connectivity index (χ2n) is 4.78. The molecule has 0 bridgehead atoms. The number of carboxylic acid groups (broad SMARTS) is 1. The lowest BCUT2D eigenvalue weighted by atomic mass is 9.94. The number of aliphatic carboxylic acids is 1. The zero-order chi connectivity index (χ0) is 12.3. The average Bonchev–Trinajstić information content (AvgIpc) is 3.02. The van der Waals surface area contributed by atoms with E-state index in [1.807, 2.05) is 0 Å². The highest BCUT2D eigenvalue weighted by Gasteiger charge is 2.52. The summed E-state index contributed by atoms with van der Waals surface area (Å²) < 4.78 is 23.3. The topological polar surface area (TPSA) is 71.4 Å². The van der Waals surface area contributed by atoms with E-state index in [-0.39, 0.29) is 5.75 Å². The molecule has 3 rings (SSSR count). The van der Waals surface area contributed by atoms with Crippen molar-refractivity contribution in [3.63, 3.8) is 0 Å². The van der Waals surface area contributed by atoms with E-state index in [9.17, 15) is 18.3 Å². The van der Waals surface area contributed by atoms with Crippen LogP contribution in [0.25, 0.3) is 0 Å². The average molecular weight is 252 g/mol. The zero-order valence-electron chi connectivity index (χ0n) is 9.14. The maximum atomic E-state index is 11.6. The lowest BCUT2D eigenvalue weighted by molar-refractivity contribution is -0.140. The van der Waals surface area contributed by atoms with Crippen molar-refractivity contribution < 1.29 is 18.3 Å². The third kappa shape index (κ3) is 1.42. The standard InChI is InChI=1S/C12H12O4S/c13-11(14)12(4-5-12)9-1-2-10-8(7-9)3-6-17(10,15)16/h1-2,7H,3-6H2,(H,13,14). The minimum Gasteiger partial charge on any atom is -0.481 e. The smallest absolute Gasteiger partial charge is 0.314 e. The number of aryl methyl sites for hydroxylation is 1. The Kier molecular flexibility index (Phi) is 1.96. The van der Waals surface area contributed by atoms with Crippen molar-refractivity contribution in [1.82, 2.24) is 0 Å². The Morgan fingerprint density at radius 2 is 2.00 bits per heavy atom. The van der Waals surface area contributed by atoms with E-state index in [2.05, 4.69) is 0 Å². The Morgan fingerprint density at radius 1 is 1.29 bits per heavy atom. The van der Waals surface area contributed by atoms with Gasteiger partial charge in [0.1, 0.15) is 0 Å². The summed E-state index contributed by atoms with van der Waals surface area (Å²) in [6.45, 7) is 0. The fourth-order valence-electron chi connectivity index (χ4n) is 2.48. The Morgan fingerprint density at radius 3 is 2.59 bits per heavy atom. The summed E-state index contributed by atoms with van der Waals surface area (Å²) in [5.41, 5.74) is 0.775. The van der Waals surface area contributed by atoms with Crippen LogP contribution in [0, 0.1) is 0 Å². The summed E-state index contributed by atoms with van der Waals surface area (Å²) in [5, 5.41) is 9.19. The van der Waals surface area contributed by atoms with Crippen molar-refractivity contribution in [2.24, 2.45) is 0 Å². The van der Waals surface area contributed by atoms with Gasteiger partial charge < -0.3 is 5.11 Å². The van der Waals surface area contributed by atoms with E-state index in [0.29, 0.717) is 24.2 Å². The maximum Gasteiger partial charge on any atom is 0.314 e. The second kappa shape index (κ2) is 3.10. The van der Waals surface area contributed by atoms with Crippen LogP contribution in [0.5, 0.6) is 0 Å². The monoisotopic (exact) mass is 252 g/mol. The molecule has 1 fully saturated rings. The summed E-state index contributed by atoms with van der Waals surface area (Å²) in [6, 6.07) is 4.99. The highest BCUT2D eigenvalue weighted by Crippen LogP contribution is 2.49. The third-order valence-corrected chi connectivity index (χ3v) is 5.56. The van der Waals surface area contributed by atoms with E-state index in [0.717, 1.165) is 11.1 Å². The van der Waals surface area contributed by atoms with Crippen LogP contribution in [-0.2, 0) is 26.5 Å². The SMILES string of the molecule is O=C(O)C1(c2ccc3c(c2)CCS3(=O)=O)CC1. The number of fused-ring (bicyclic) bond motifs is 1. The molecule has 1 aliphatic carbocycles. The fourth-order valence-corrected chi connectivity index (χ4v) is 4.03. The summed E-state index contributed by atoms with van der Waals surface area (Å²) in [5.74, 6) is -0.662. The third-order valence-electron chi connectivity index (χ3n) is 3.75. The van der Waals surface area contributed by atoms with Crippen molar-refractivity contribution in [3.05, 3.63) is 29.3 Å². The molecule has 1 aromatic rings. The lowest BCUT2D eigenvalue weighted by Crippen LogP contribution is -2.19. The van der Waals surface area contributed by atoms with Crippen LogP contribution >= 0.6 is 0 Å². The summed E-state index contributed by atoms with van der Waals surface area (Å²) >= 11 is 0. The molecule has 0 unspecified atom stereocenters. The molecule has 0 atom stereocenters. The van der Waals surface area contributed by atoms with E-state index < -0.39 is 21.2 Å². The van der Waals surface area contributed by atoms with Crippen LogP contribution in [0.4, 0.5) is 0 Å². The van der Waals surface area contributed by atoms with Gasteiger partial charge in [0.05, 0.1) is 16.1 Å². The highest BCUT2D eigenvalue weighted by atomic mass is 32.2. The first-order chi connectivity index (χ1) is 7.96. The summed E-state index contributed by atoms with van der Waals surface area (Å²) in [6.07, 6.45) is 1.79. The number of hydrogen-bond acceptors (Lipinski definition) is 3. The van der Waals surface area contributed by atoms with Crippen molar-refractivity contribution in [1.29, 1.82) is 0 Å². The first-order valence-corrected chi connectivity index (χ1v) is 7.20. The molecule has 2 aliphatic rings. The van der Waals surface area contributed by atoms with Crippen molar-refractivity contribution in [2.45, 2.75) is 29.6 Å². The molecule has 1 N–H and O–H groups in total. The molecule has 5 heteroatoms. The predicted octanol–water partition coefficient (Wildman–Crippen LogP) is 1.13. The second-order valence-corrected chi connectivity index (χ2v) is 6.86. The van der Waals surface area contributed by atoms with E-state index in [4.69, 9.17) is 0 Å². The van der Waals surface area contributed by atoms with E-state index in [1.54, 1.807) is 18.2 Å². The molecule has 0 spiro atoms. The van der Waals surface area contributed by atoms with Crippen LogP contribution in [-0.4, -0.2) is 25.2 Å². The number of sulfone groups is 1. The number of carbonyl (C=O) groups is 1. The van der Waals surface area contributed by atoms with Gasteiger partial charge in [0, 0.05) is 0 Å². The fraction of sp³-hybridized carbons (Fsp3) is 0.417. The first-order valence-electron chi connectivity index (χ1n) is 5.55. The number of carboxylic acids is 1. The molecule has 1 aromatic carbocycles. The van der Waals surface area contributed by atoms with E-state index in [1.165, 1.54) is 0 Å². The number of rotatable bonds is 2. The molecule has 0 saturated heterocycles. The van der Waals surface area contributed by atoms with Crippen molar-refractivity contribution in [2.75, 3.05) is 5.75 Å². The Hall–Kier alpha value is -1.36. The van der Waals surface area contributed by atoms with Gasteiger partial charge in [-0.3, -0.25) is 4.79 Å². The van der Waals surface area contributed by atoms with Gasteiger partial charge in [-0.15, -0.1) is 0 Å². The van der Waals surface area contributed by atoms with Gasteiger partial charge in [0.2, 0.25) is 0 Å². The van der Waals surface area contributed by atoms with Crippen LogP contribution in [0.2, 0.25) is 0 Å². The van der Waals surface area contributed by atoms with Crippen LogP contribution in [0.3, 0.4) is 0 Å². The lowest BCUT2D eigenvalue weighted by Gasteiger charge is -2.11. The molecule has 17 heavy (non-hydrogen) atoms. The molecule has 1 heterocycles. The highest BCUT2D eigenvalue weighted by molar-refractivity contribution is 7.91. The molecule has 1 aliphatic heterocycles. The maximum absolute atomic E-state index is 11.6. The number of benzene rings is 1. The van der Waals surface area contributed by atoms with Crippen LogP contribution in [0.1, 0.15) is 24.0 Å². The molecule has 1 saturated carbocycles. The van der Waals surface area contributed by atoms with Gasteiger partial charge in [0.25, 0.3) is 0 Å². The minimum absolute atomic E-state index is 0.145. The summed E-state index contributed by atoms with van der Waals surface area (Å²) in [7, 11) is -3.12.